The number of rotatable bonds is 11. The molecule has 186 valence electrons. The van der Waals surface area contributed by atoms with Crippen LogP contribution < -0.4 is 10.6 Å². The Hall–Kier alpha value is -1.64. The molecule has 2 aliphatic heterocycles. The number of ether oxygens (including phenoxy) is 4. The van der Waals surface area contributed by atoms with Crippen molar-refractivity contribution in [1.82, 2.24) is 10.6 Å². The summed E-state index contributed by atoms with van der Waals surface area (Å²) in [5.41, 5.74) is -1.62. The molecule has 0 bridgehead atoms. The first-order valence-electron chi connectivity index (χ1n) is 10.3. The maximum atomic E-state index is 11.8. The summed E-state index contributed by atoms with van der Waals surface area (Å²) in [6, 6.07) is 0. The molecule has 2 atom stereocenters. The van der Waals surface area contributed by atoms with Crippen molar-refractivity contribution in [3.05, 3.63) is 0 Å². The Morgan fingerprint density at radius 3 is 1.34 bits per heavy atom. The van der Waals surface area contributed by atoms with E-state index in [0.717, 1.165) is 0 Å². The summed E-state index contributed by atoms with van der Waals surface area (Å²) in [4.78, 5) is 23.5. The lowest BCUT2D eigenvalue weighted by Crippen LogP contribution is -2.47. The Morgan fingerprint density at radius 2 is 1.03 bits per heavy atom. The molecule has 32 heavy (non-hydrogen) atoms. The van der Waals surface area contributed by atoms with E-state index in [4.69, 9.17) is 18.9 Å². The van der Waals surface area contributed by atoms with Crippen LogP contribution in [0.3, 0.4) is 0 Å². The number of carbonyl (C=O) groups excluding carboxylic acids is 2. The first-order chi connectivity index (χ1) is 14.8. The van der Waals surface area contributed by atoms with Crippen LogP contribution in [-0.2, 0) is 38.6 Å². The highest BCUT2D eigenvalue weighted by atomic mass is 32.2. The van der Waals surface area contributed by atoms with Crippen LogP contribution in [0.15, 0.2) is 0 Å². The number of hydrogen-bond donors (Lipinski definition) is 2. The summed E-state index contributed by atoms with van der Waals surface area (Å²) in [5.74, 6) is -0.107. The number of sulfone groups is 2. The van der Waals surface area contributed by atoms with E-state index in [1.54, 1.807) is 13.8 Å². The van der Waals surface area contributed by atoms with E-state index >= 15 is 0 Å². The molecule has 2 heterocycles. The zero-order valence-corrected chi connectivity index (χ0v) is 20.0. The van der Waals surface area contributed by atoms with Crippen molar-refractivity contribution < 1.29 is 45.4 Å². The summed E-state index contributed by atoms with van der Waals surface area (Å²) >= 11 is 0. The molecule has 0 aromatic rings. The van der Waals surface area contributed by atoms with Gasteiger partial charge in [0.2, 0.25) is 0 Å². The van der Waals surface area contributed by atoms with E-state index in [2.05, 4.69) is 10.6 Å². The van der Waals surface area contributed by atoms with E-state index in [9.17, 15) is 26.4 Å². The zero-order chi connectivity index (χ0) is 23.9. The van der Waals surface area contributed by atoms with Gasteiger partial charge in [0.05, 0.1) is 60.5 Å². The average Bonchev–Trinajstić information content (AvgIpc) is 3.09. The molecule has 2 aliphatic rings. The third-order valence-electron chi connectivity index (χ3n) is 5.11. The van der Waals surface area contributed by atoms with Gasteiger partial charge in [-0.05, 0) is 26.7 Å². The van der Waals surface area contributed by atoms with E-state index in [0.29, 0.717) is 12.8 Å². The Balaban J connectivity index is 1.42. The predicted octanol–water partition coefficient (Wildman–Crippen LogP) is -0.374. The summed E-state index contributed by atoms with van der Waals surface area (Å²) in [5, 5.41) is 5.15. The molecule has 0 radical (unpaired) electrons. The molecule has 0 aromatic heterocycles. The van der Waals surface area contributed by atoms with Gasteiger partial charge in [-0.2, -0.15) is 0 Å². The number of carbonyl (C=O) groups is 2. The highest BCUT2D eigenvalue weighted by molar-refractivity contribution is 7.92. The average molecular weight is 501 g/mol. The van der Waals surface area contributed by atoms with Gasteiger partial charge < -0.3 is 29.6 Å². The molecular weight excluding hydrogens is 468 g/mol. The van der Waals surface area contributed by atoms with Gasteiger partial charge in [-0.15, -0.1) is 0 Å². The van der Waals surface area contributed by atoms with Gasteiger partial charge in [0.1, 0.15) is 13.2 Å². The normalized spacial score (nSPS) is 28.2. The van der Waals surface area contributed by atoms with Crippen molar-refractivity contribution in [1.29, 1.82) is 0 Å². The third kappa shape index (κ3) is 9.46. The molecule has 2 rings (SSSR count). The van der Waals surface area contributed by atoms with Gasteiger partial charge in [-0.25, -0.2) is 26.4 Å². The van der Waals surface area contributed by atoms with Crippen LogP contribution in [0.4, 0.5) is 9.59 Å². The first kappa shape index (κ1) is 26.6. The Morgan fingerprint density at radius 1 is 0.688 bits per heavy atom. The largest absolute Gasteiger partial charge is 0.447 e. The molecule has 0 spiro atoms. The number of alkyl carbamates (subject to hydrolysis) is 2. The second-order valence-electron chi connectivity index (χ2n) is 8.55. The minimum atomic E-state index is -3.12. The van der Waals surface area contributed by atoms with Crippen molar-refractivity contribution in [3.8, 4) is 0 Å². The summed E-state index contributed by atoms with van der Waals surface area (Å²) in [7, 11) is -6.24. The van der Waals surface area contributed by atoms with Crippen molar-refractivity contribution >= 4 is 31.9 Å². The zero-order valence-electron chi connectivity index (χ0n) is 18.4. The standard InChI is InChI=1S/C18H32N2O10S2/c1-17(3-11-31(23,24)13-17)19-15(21)29-9-7-27-5-6-28-8-10-30-16(22)20-18(2)4-12-32(25,26)14-18/h3-14H2,1-2H3,(H,19,21)(H,20,22). The highest BCUT2D eigenvalue weighted by Gasteiger charge is 2.40. The second-order valence-corrected chi connectivity index (χ2v) is 12.9. The van der Waals surface area contributed by atoms with Crippen LogP contribution in [0, 0.1) is 0 Å². The van der Waals surface area contributed by atoms with Crippen LogP contribution in [-0.4, -0.2) is 103 Å². The minimum Gasteiger partial charge on any atom is -0.447 e. The molecule has 14 heteroatoms. The fraction of sp³-hybridized carbons (Fsp3) is 0.889. The summed E-state index contributed by atoms with van der Waals surface area (Å²) < 4.78 is 66.5. The van der Waals surface area contributed by atoms with Crippen LogP contribution in [0.5, 0.6) is 0 Å². The summed E-state index contributed by atoms with van der Waals surface area (Å²) in [6.45, 7) is 4.11. The maximum absolute atomic E-state index is 11.8. The number of nitrogens with one attached hydrogen (secondary N) is 2. The molecule has 0 aliphatic carbocycles. The van der Waals surface area contributed by atoms with E-state index in [1.807, 2.05) is 0 Å². The van der Waals surface area contributed by atoms with Gasteiger partial charge in [0.15, 0.2) is 19.7 Å². The van der Waals surface area contributed by atoms with E-state index in [1.165, 1.54) is 0 Å². The van der Waals surface area contributed by atoms with Gasteiger partial charge in [0, 0.05) is 0 Å². The molecule has 2 saturated heterocycles. The predicted molar refractivity (Wildman–Crippen MR) is 114 cm³/mol. The van der Waals surface area contributed by atoms with Crippen LogP contribution in [0.1, 0.15) is 26.7 Å². The highest BCUT2D eigenvalue weighted by Crippen LogP contribution is 2.23. The molecule has 2 amide bonds. The third-order valence-corrected chi connectivity index (χ3v) is 8.91. The van der Waals surface area contributed by atoms with Gasteiger partial charge >= 0.3 is 12.2 Å². The van der Waals surface area contributed by atoms with Gasteiger partial charge in [-0.1, -0.05) is 0 Å². The molecule has 12 nitrogen and oxygen atoms in total. The SMILES string of the molecule is CC1(NC(=O)OCCOCCOCCOC(=O)NC2(C)CCS(=O)(=O)C2)CCS(=O)(=O)C1. The fourth-order valence-corrected chi connectivity index (χ4v) is 7.68. The van der Waals surface area contributed by atoms with Crippen molar-refractivity contribution in [2.75, 3.05) is 62.7 Å². The first-order valence-corrected chi connectivity index (χ1v) is 13.9. The van der Waals surface area contributed by atoms with Crippen LogP contribution in [0.2, 0.25) is 0 Å². The maximum Gasteiger partial charge on any atom is 0.407 e. The van der Waals surface area contributed by atoms with Gasteiger partial charge in [0.25, 0.3) is 0 Å². The number of amides is 2. The summed E-state index contributed by atoms with van der Waals surface area (Å²) in [6.07, 6.45) is -0.677. The molecule has 0 aromatic carbocycles. The molecule has 0 saturated carbocycles. The van der Waals surface area contributed by atoms with Crippen LogP contribution in [0.25, 0.3) is 0 Å². The Bertz CT molecular complexity index is 804. The number of hydrogen-bond acceptors (Lipinski definition) is 10. The topological polar surface area (TPSA) is 163 Å². The lowest BCUT2D eigenvalue weighted by atomic mass is 10.0. The lowest BCUT2D eigenvalue weighted by Gasteiger charge is -2.23. The molecule has 2 unspecified atom stereocenters. The monoisotopic (exact) mass is 500 g/mol. The molecule has 2 fully saturated rings. The van der Waals surface area contributed by atoms with E-state index in [-0.39, 0.29) is 62.7 Å². The minimum absolute atomic E-state index is 0.00638. The Kier molecular flexibility index (Phi) is 9.14. The molecular formula is C18H32N2O10S2. The van der Waals surface area contributed by atoms with Crippen molar-refractivity contribution in [2.24, 2.45) is 0 Å². The molecule has 2 N–H and O–H groups in total. The second kappa shape index (κ2) is 11.0. The lowest BCUT2D eigenvalue weighted by molar-refractivity contribution is 0.0145. The quantitative estimate of drug-likeness (QED) is 0.358. The van der Waals surface area contributed by atoms with Crippen molar-refractivity contribution in [3.63, 3.8) is 0 Å². The smallest absolute Gasteiger partial charge is 0.407 e. The van der Waals surface area contributed by atoms with Crippen LogP contribution >= 0.6 is 0 Å². The van der Waals surface area contributed by atoms with E-state index < -0.39 is 42.9 Å². The van der Waals surface area contributed by atoms with Gasteiger partial charge in [-0.3, -0.25) is 0 Å². The fourth-order valence-electron chi connectivity index (χ4n) is 3.49. The Labute approximate surface area is 188 Å². The van der Waals surface area contributed by atoms with Crippen molar-refractivity contribution in [2.45, 2.75) is 37.8 Å².